The number of hydrogen-bond acceptors (Lipinski definition) is 5. The van der Waals surface area contributed by atoms with Crippen LogP contribution in [0.1, 0.15) is 29.3 Å². The lowest BCUT2D eigenvalue weighted by atomic mass is 10.1. The van der Waals surface area contributed by atoms with Gasteiger partial charge in [0.05, 0.1) is 17.2 Å². The van der Waals surface area contributed by atoms with Gasteiger partial charge < -0.3 is 25.4 Å². The summed E-state index contributed by atoms with van der Waals surface area (Å²) >= 11 is 12.6. The molecule has 1 fully saturated rings. The molecule has 1 aliphatic heterocycles. The molecule has 2 aromatic carbocycles. The fourth-order valence-corrected chi connectivity index (χ4v) is 4.18. The van der Waals surface area contributed by atoms with Gasteiger partial charge in [-0.3, -0.25) is 4.79 Å². The van der Waals surface area contributed by atoms with Crippen LogP contribution in [0.2, 0.25) is 10.0 Å². The first kappa shape index (κ1) is 23.7. The number of aromatic hydroxyl groups is 1. The number of rotatable bonds is 9. The Hall–Kier alpha value is -1.99. The summed E-state index contributed by atoms with van der Waals surface area (Å²) in [6.07, 6.45) is 1.48. The topological polar surface area (TPSA) is 73.8 Å². The van der Waals surface area contributed by atoms with Crippen molar-refractivity contribution in [3.05, 3.63) is 57.6 Å². The molecule has 0 aliphatic carbocycles. The Balaban J connectivity index is 1.57. The largest absolute Gasteiger partial charge is 0.505 e. The summed E-state index contributed by atoms with van der Waals surface area (Å²) in [5.41, 5.74) is 1.14. The van der Waals surface area contributed by atoms with Crippen LogP contribution < -0.4 is 15.4 Å². The van der Waals surface area contributed by atoms with Crippen LogP contribution >= 0.6 is 23.2 Å². The average molecular weight is 466 g/mol. The fourth-order valence-electron chi connectivity index (χ4n) is 3.61. The summed E-state index contributed by atoms with van der Waals surface area (Å²) in [6, 6.07) is 11.1. The number of carbonyl (C=O) groups is 1. The second kappa shape index (κ2) is 11.6. The lowest BCUT2D eigenvalue weighted by Gasteiger charge is -2.27. The summed E-state index contributed by atoms with van der Waals surface area (Å²) in [5.74, 6) is -0.558. The van der Waals surface area contributed by atoms with Crippen LogP contribution in [0.4, 0.5) is 0 Å². The minimum atomic E-state index is -0.435. The van der Waals surface area contributed by atoms with Gasteiger partial charge >= 0.3 is 0 Å². The Kier molecular flexibility index (Phi) is 8.84. The number of nitrogens with one attached hydrogen (secondary N) is 2. The SMILES string of the molecule is C[C@H](Cc1ccccc1)NC(=O)c1cc(Cl)c(OCCCN2CCNCC2)c(Cl)c1O. The van der Waals surface area contributed by atoms with Gasteiger partial charge in [0.1, 0.15) is 5.02 Å². The zero-order valence-electron chi connectivity index (χ0n) is 17.7. The minimum Gasteiger partial charge on any atom is -0.505 e. The monoisotopic (exact) mass is 465 g/mol. The van der Waals surface area contributed by atoms with E-state index in [2.05, 4.69) is 15.5 Å². The standard InChI is InChI=1S/C23H29Cl2N3O3/c1-16(14-17-6-3-2-4-7-17)27-23(30)18-15-19(24)22(20(25)21(18)29)31-13-5-10-28-11-8-26-9-12-28/h2-4,6-7,15-16,26,29H,5,8-14H2,1H3,(H,27,30)/t16-/m1/s1. The number of hydrogen-bond donors (Lipinski definition) is 3. The van der Waals surface area contributed by atoms with Gasteiger partial charge in [-0.05, 0) is 31.4 Å². The Bertz CT molecular complexity index is 874. The molecule has 0 aromatic heterocycles. The van der Waals surface area contributed by atoms with Crippen LogP contribution in [0.15, 0.2) is 36.4 Å². The van der Waals surface area contributed by atoms with Crippen LogP contribution in [0, 0.1) is 0 Å². The van der Waals surface area contributed by atoms with E-state index < -0.39 is 5.91 Å². The molecule has 1 atom stereocenters. The molecule has 8 heteroatoms. The van der Waals surface area contributed by atoms with E-state index in [0.29, 0.717) is 13.0 Å². The molecular weight excluding hydrogens is 437 g/mol. The summed E-state index contributed by atoms with van der Waals surface area (Å²) in [4.78, 5) is 15.0. The van der Waals surface area contributed by atoms with Gasteiger partial charge in [-0.2, -0.15) is 0 Å². The van der Waals surface area contributed by atoms with Crippen molar-refractivity contribution in [3.63, 3.8) is 0 Å². The molecule has 0 bridgehead atoms. The van der Waals surface area contributed by atoms with E-state index in [1.807, 2.05) is 37.3 Å². The Morgan fingerprint density at radius 2 is 1.97 bits per heavy atom. The summed E-state index contributed by atoms with van der Waals surface area (Å²) < 4.78 is 5.74. The molecule has 1 saturated heterocycles. The lowest BCUT2D eigenvalue weighted by molar-refractivity contribution is 0.0937. The molecule has 1 amide bonds. The van der Waals surface area contributed by atoms with Crippen molar-refractivity contribution in [2.45, 2.75) is 25.8 Å². The van der Waals surface area contributed by atoms with Gasteiger partial charge in [-0.1, -0.05) is 53.5 Å². The van der Waals surface area contributed by atoms with Crippen molar-refractivity contribution in [1.82, 2.24) is 15.5 Å². The molecule has 0 spiro atoms. The molecule has 6 nitrogen and oxygen atoms in total. The maximum absolute atomic E-state index is 12.7. The third-order valence-electron chi connectivity index (χ3n) is 5.23. The fraction of sp³-hybridized carbons (Fsp3) is 0.435. The first-order valence-electron chi connectivity index (χ1n) is 10.6. The molecule has 31 heavy (non-hydrogen) atoms. The summed E-state index contributed by atoms with van der Waals surface area (Å²) in [5, 5.41) is 16.8. The molecule has 168 valence electrons. The predicted octanol–water partition coefficient (Wildman–Crippen LogP) is 3.73. The van der Waals surface area contributed by atoms with Crippen molar-refractivity contribution in [1.29, 1.82) is 0 Å². The van der Waals surface area contributed by atoms with Gasteiger partial charge in [0, 0.05) is 38.8 Å². The number of carbonyl (C=O) groups excluding carboxylic acids is 1. The Morgan fingerprint density at radius 3 is 2.68 bits per heavy atom. The van der Waals surface area contributed by atoms with E-state index in [1.54, 1.807) is 0 Å². The quantitative estimate of drug-likeness (QED) is 0.492. The first-order chi connectivity index (χ1) is 15.0. The van der Waals surface area contributed by atoms with E-state index in [1.165, 1.54) is 6.07 Å². The predicted molar refractivity (Wildman–Crippen MR) is 125 cm³/mol. The second-order valence-corrected chi connectivity index (χ2v) is 8.54. The maximum Gasteiger partial charge on any atom is 0.255 e. The highest BCUT2D eigenvalue weighted by Crippen LogP contribution is 2.42. The van der Waals surface area contributed by atoms with Crippen molar-refractivity contribution < 1.29 is 14.6 Å². The second-order valence-electron chi connectivity index (χ2n) is 7.76. The van der Waals surface area contributed by atoms with E-state index in [4.69, 9.17) is 27.9 Å². The third kappa shape index (κ3) is 6.74. The van der Waals surface area contributed by atoms with Gasteiger partial charge in [0.15, 0.2) is 11.5 Å². The highest BCUT2D eigenvalue weighted by atomic mass is 35.5. The molecule has 0 unspecified atom stereocenters. The van der Waals surface area contributed by atoms with Gasteiger partial charge in [-0.25, -0.2) is 0 Å². The van der Waals surface area contributed by atoms with E-state index in [0.717, 1.165) is 44.7 Å². The van der Waals surface area contributed by atoms with E-state index >= 15 is 0 Å². The maximum atomic E-state index is 12.7. The van der Waals surface area contributed by atoms with Crippen molar-refractivity contribution >= 4 is 29.1 Å². The number of ether oxygens (including phenoxy) is 1. The summed E-state index contributed by atoms with van der Waals surface area (Å²) in [7, 11) is 0. The summed E-state index contributed by atoms with van der Waals surface area (Å²) in [6.45, 7) is 7.29. The van der Waals surface area contributed by atoms with E-state index in [9.17, 15) is 9.90 Å². The number of benzene rings is 2. The molecule has 0 radical (unpaired) electrons. The van der Waals surface area contributed by atoms with Crippen LogP contribution in [0.25, 0.3) is 0 Å². The molecule has 1 heterocycles. The van der Waals surface area contributed by atoms with Crippen LogP contribution in [0.3, 0.4) is 0 Å². The third-order valence-corrected chi connectivity index (χ3v) is 5.86. The van der Waals surface area contributed by atoms with Gasteiger partial charge in [-0.15, -0.1) is 0 Å². The zero-order valence-corrected chi connectivity index (χ0v) is 19.2. The molecule has 1 aliphatic rings. The number of amides is 1. The number of phenolic OH excluding ortho intramolecular Hbond substituents is 1. The normalized spacial score (nSPS) is 15.5. The molecule has 3 rings (SSSR count). The number of nitrogens with zero attached hydrogens (tertiary/aromatic N) is 1. The van der Waals surface area contributed by atoms with Crippen LogP contribution in [0.5, 0.6) is 11.5 Å². The number of halogens is 2. The van der Waals surface area contributed by atoms with Gasteiger partial charge in [0.2, 0.25) is 0 Å². The van der Waals surface area contributed by atoms with Crippen LogP contribution in [-0.2, 0) is 6.42 Å². The lowest BCUT2D eigenvalue weighted by Crippen LogP contribution is -2.43. The van der Waals surface area contributed by atoms with Crippen molar-refractivity contribution in [2.75, 3.05) is 39.3 Å². The first-order valence-corrected chi connectivity index (χ1v) is 11.3. The average Bonchev–Trinajstić information content (AvgIpc) is 2.77. The van der Waals surface area contributed by atoms with Crippen LogP contribution in [-0.4, -0.2) is 61.3 Å². The van der Waals surface area contributed by atoms with Crippen molar-refractivity contribution in [2.24, 2.45) is 0 Å². The highest BCUT2D eigenvalue weighted by Gasteiger charge is 2.22. The Morgan fingerprint density at radius 1 is 1.26 bits per heavy atom. The smallest absolute Gasteiger partial charge is 0.255 e. The number of piperazine rings is 1. The van der Waals surface area contributed by atoms with E-state index in [-0.39, 0.29) is 33.1 Å². The molecule has 3 N–H and O–H groups in total. The minimum absolute atomic E-state index is 0.0306. The number of phenols is 1. The molecule has 2 aromatic rings. The highest BCUT2D eigenvalue weighted by molar-refractivity contribution is 6.39. The van der Waals surface area contributed by atoms with Gasteiger partial charge in [0.25, 0.3) is 5.91 Å². The molecule has 0 saturated carbocycles. The zero-order chi connectivity index (χ0) is 22.2. The molecular formula is C23H29Cl2N3O3. The Labute approximate surface area is 193 Å². The van der Waals surface area contributed by atoms with Crippen molar-refractivity contribution in [3.8, 4) is 11.5 Å².